The van der Waals surface area contributed by atoms with E-state index in [-0.39, 0.29) is 0 Å². The highest BCUT2D eigenvalue weighted by atomic mass is 15.3. The molecular weight excluding hydrogens is 400 g/mol. The number of nitrogens with one attached hydrogen (secondary N) is 1. The Morgan fingerprint density at radius 2 is 0.938 bits per heavy atom. The van der Waals surface area contributed by atoms with Crippen LogP contribution >= 0.6 is 0 Å². The maximum atomic E-state index is 4.95. The van der Waals surface area contributed by atoms with Crippen molar-refractivity contribution in [2.24, 2.45) is 0 Å². The maximum absolute atomic E-state index is 4.95. The van der Waals surface area contributed by atoms with Crippen LogP contribution in [0.3, 0.4) is 0 Å². The first-order chi connectivity index (χ1) is 15.3. The molecule has 8 nitrogen and oxygen atoms in total. The Morgan fingerprint density at radius 3 is 1.34 bits per heavy atom. The SMILES string of the molecule is CN(C)c1cc[n+](-c2nc(-[n+]3ccc(N(C)C)cc3)c(-[n+]3ccc(N(C)C)cc3)[nH]2)cc1. The molecule has 0 aliphatic carbocycles. The van der Waals surface area contributed by atoms with Crippen LogP contribution in [-0.2, 0) is 0 Å². The normalized spacial score (nSPS) is 10.8. The Bertz CT molecular complexity index is 1110. The molecule has 0 spiro atoms. The molecule has 0 aliphatic rings. The lowest BCUT2D eigenvalue weighted by Crippen LogP contribution is -2.39. The number of pyridine rings is 3. The average molecular weight is 432 g/mol. The minimum absolute atomic E-state index is 0.744. The predicted octanol–water partition coefficient (Wildman–Crippen LogP) is 1.44. The van der Waals surface area contributed by atoms with Crippen molar-refractivity contribution in [3.05, 3.63) is 73.6 Å². The standard InChI is InChI=1S/C24H31N8/c1-27(2)19-7-13-30(14-8-19)22-23(31-15-9-20(10-16-31)28(3)4)26-24(25-22)32-17-11-21(12-18-32)29(5)6/h7-18H,1-6H3,(H,25,26)/q+3. The largest absolute Gasteiger partial charge is 0.473 e. The molecule has 4 rings (SSSR count). The summed E-state index contributed by atoms with van der Waals surface area (Å²) >= 11 is 0. The zero-order valence-electron chi connectivity index (χ0n) is 19.6. The van der Waals surface area contributed by atoms with Crippen LogP contribution in [0.2, 0.25) is 0 Å². The molecule has 0 aliphatic heterocycles. The Hall–Kier alpha value is -3.94. The first kappa shape index (κ1) is 21.3. The molecule has 32 heavy (non-hydrogen) atoms. The Morgan fingerprint density at radius 1 is 0.562 bits per heavy atom. The topological polar surface area (TPSA) is 50.0 Å². The number of H-pyrrole nitrogens is 1. The van der Waals surface area contributed by atoms with E-state index in [1.54, 1.807) is 0 Å². The molecule has 0 radical (unpaired) electrons. The van der Waals surface area contributed by atoms with Crippen molar-refractivity contribution in [1.82, 2.24) is 9.97 Å². The maximum Gasteiger partial charge on any atom is 0.473 e. The van der Waals surface area contributed by atoms with Crippen LogP contribution in [0.4, 0.5) is 17.1 Å². The summed E-state index contributed by atoms with van der Waals surface area (Å²) < 4.78 is 6.08. The summed E-state index contributed by atoms with van der Waals surface area (Å²) in [5, 5.41) is 0. The Kier molecular flexibility index (Phi) is 5.77. The van der Waals surface area contributed by atoms with E-state index in [4.69, 9.17) is 4.98 Å². The second kappa shape index (κ2) is 8.66. The fourth-order valence-electron chi connectivity index (χ4n) is 3.41. The van der Waals surface area contributed by atoms with Crippen LogP contribution in [0.1, 0.15) is 0 Å². The third kappa shape index (κ3) is 4.25. The van der Waals surface area contributed by atoms with Crippen molar-refractivity contribution in [2.75, 3.05) is 57.0 Å². The number of aromatic nitrogens is 5. The van der Waals surface area contributed by atoms with Gasteiger partial charge in [0.2, 0.25) is 0 Å². The van der Waals surface area contributed by atoms with Gasteiger partial charge in [0.25, 0.3) is 0 Å². The number of hydrogen-bond donors (Lipinski definition) is 1. The van der Waals surface area contributed by atoms with Gasteiger partial charge in [-0.15, -0.1) is 0 Å². The molecule has 0 bridgehead atoms. The van der Waals surface area contributed by atoms with E-state index in [0.717, 1.165) is 34.6 Å². The molecule has 4 aromatic rings. The van der Waals surface area contributed by atoms with Gasteiger partial charge in [-0.05, 0) is 12.1 Å². The van der Waals surface area contributed by atoms with Crippen molar-refractivity contribution in [2.45, 2.75) is 0 Å². The molecule has 0 fully saturated rings. The lowest BCUT2D eigenvalue weighted by molar-refractivity contribution is -0.637. The highest BCUT2D eigenvalue weighted by molar-refractivity contribution is 5.44. The van der Waals surface area contributed by atoms with Crippen LogP contribution in [0.5, 0.6) is 0 Å². The lowest BCUT2D eigenvalue weighted by atomic mass is 10.3. The van der Waals surface area contributed by atoms with E-state index in [1.165, 1.54) is 0 Å². The summed E-state index contributed by atoms with van der Waals surface area (Å²) in [5.41, 5.74) is 3.41. The predicted molar refractivity (Wildman–Crippen MR) is 126 cm³/mol. The molecule has 0 aromatic carbocycles. The number of rotatable bonds is 6. The van der Waals surface area contributed by atoms with Gasteiger partial charge in [-0.25, -0.2) is 0 Å². The second-order valence-electron chi connectivity index (χ2n) is 8.31. The van der Waals surface area contributed by atoms with Crippen molar-refractivity contribution in [3.8, 4) is 17.6 Å². The molecule has 164 valence electrons. The molecule has 0 saturated heterocycles. The van der Waals surface area contributed by atoms with Gasteiger partial charge in [0, 0.05) is 88.6 Å². The van der Waals surface area contributed by atoms with Gasteiger partial charge in [0.1, 0.15) is 0 Å². The summed E-state index contributed by atoms with van der Waals surface area (Å²) in [6, 6.07) is 12.5. The Balaban J connectivity index is 1.80. The fourth-order valence-corrected chi connectivity index (χ4v) is 3.41. The molecule has 4 aromatic heterocycles. The van der Waals surface area contributed by atoms with Gasteiger partial charge in [-0.3, -0.25) is 0 Å². The van der Waals surface area contributed by atoms with Crippen LogP contribution in [0.15, 0.2) is 73.6 Å². The van der Waals surface area contributed by atoms with Crippen molar-refractivity contribution >= 4 is 17.1 Å². The quantitative estimate of drug-likeness (QED) is 0.470. The third-order valence-corrected chi connectivity index (χ3v) is 5.39. The average Bonchev–Trinajstić information content (AvgIpc) is 3.24. The molecule has 0 unspecified atom stereocenters. The van der Waals surface area contributed by atoms with Crippen molar-refractivity contribution in [3.63, 3.8) is 0 Å². The summed E-state index contributed by atoms with van der Waals surface area (Å²) in [7, 11) is 12.2. The van der Waals surface area contributed by atoms with E-state index < -0.39 is 0 Å². The van der Waals surface area contributed by atoms with Gasteiger partial charge in [-0.2, -0.15) is 18.7 Å². The van der Waals surface area contributed by atoms with Gasteiger partial charge >= 0.3 is 17.6 Å². The first-order valence-electron chi connectivity index (χ1n) is 10.5. The third-order valence-electron chi connectivity index (χ3n) is 5.39. The molecule has 8 heteroatoms. The number of hydrogen-bond acceptors (Lipinski definition) is 4. The molecule has 0 atom stereocenters. The van der Waals surface area contributed by atoms with Crippen LogP contribution in [-0.4, -0.2) is 52.3 Å². The Labute approximate surface area is 189 Å². The highest BCUT2D eigenvalue weighted by Crippen LogP contribution is 2.13. The van der Waals surface area contributed by atoms with E-state index in [0.29, 0.717) is 0 Å². The van der Waals surface area contributed by atoms with Gasteiger partial charge < -0.3 is 14.7 Å². The van der Waals surface area contributed by atoms with Crippen LogP contribution in [0.25, 0.3) is 17.6 Å². The summed E-state index contributed by atoms with van der Waals surface area (Å²) in [6.07, 6.45) is 12.2. The summed E-state index contributed by atoms with van der Waals surface area (Å²) in [4.78, 5) is 14.7. The summed E-state index contributed by atoms with van der Waals surface area (Å²) in [6.45, 7) is 0. The van der Waals surface area contributed by atoms with Gasteiger partial charge in [-0.1, -0.05) is 0 Å². The minimum atomic E-state index is 0.744. The molecule has 0 saturated carbocycles. The minimum Gasteiger partial charge on any atom is -0.377 e. The number of imidazole rings is 1. The zero-order chi connectivity index (χ0) is 22.8. The van der Waals surface area contributed by atoms with Gasteiger partial charge in [0.15, 0.2) is 0 Å². The van der Waals surface area contributed by atoms with E-state index in [9.17, 15) is 0 Å². The van der Waals surface area contributed by atoms with Crippen LogP contribution < -0.4 is 28.4 Å². The number of aromatic amines is 1. The highest BCUT2D eigenvalue weighted by Gasteiger charge is 2.32. The number of anilines is 3. The van der Waals surface area contributed by atoms with E-state index in [1.807, 2.05) is 88.6 Å². The van der Waals surface area contributed by atoms with Crippen LogP contribution in [0, 0.1) is 0 Å². The molecular formula is C24H31N8+3. The molecule has 0 amide bonds. The molecule has 1 N–H and O–H groups in total. The lowest BCUT2D eigenvalue weighted by Gasteiger charge is -2.11. The smallest absolute Gasteiger partial charge is 0.377 e. The zero-order valence-corrected chi connectivity index (χ0v) is 19.6. The first-order valence-corrected chi connectivity index (χ1v) is 10.5. The number of nitrogens with zero attached hydrogens (tertiary/aromatic N) is 7. The van der Waals surface area contributed by atoms with Crippen molar-refractivity contribution in [1.29, 1.82) is 0 Å². The van der Waals surface area contributed by atoms with E-state index >= 15 is 0 Å². The van der Waals surface area contributed by atoms with Crippen molar-refractivity contribution < 1.29 is 13.7 Å². The van der Waals surface area contributed by atoms with Gasteiger partial charge in [0.05, 0.1) is 37.2 Å². The summed E-state index contributed by atoms with van der Waals surface area (Å²) in [5.74, 6) is 2.45. The second-order valence-corrected chi connectivity index (χ2v) is 8.31. The molecule has 4 heterocycles. The monoisotopic (exact) mass is 431 g/mol. The fraction of sp³-hybridized carbons (Fsp3) is 0.250. The van der Waals surface area contributed by atoms with E-state index in [2.05, 4.69) is 60.6 Å².